The third-order valence-electron chi connectivity index (χ3n) is 3.83. The van der Waals surface area contributed by atoms with Crippen LogP contribution in [-0.4, -0.2) is 25.8 Å². The number of fused-ring (bicyclic) bond motifs is 1. The Morgan fingerprint density at radius 3 is 2.85 bits per heavy atom. The van der Waals surface area contributed by atoms with Crippen molar-refractivity contribution in [3.8, 4) is 11.4 Å². The van der Waals surface area contributed by atoms with Crippen molar-refractivity contribution in [2.45, 2.75) is 13.3 Å². The van der Waals surface area contributed by atoms with Gasteiger partial charge in [-0.25, -0.2) is 15.0 Å². The molecule has 1 amide bonds. The van der Waals surface area contributed by atoms with Crippen LogP contribution in [-0.2, 0) is 11.2 Å². The highest BCUT2D eigenvalue weighted by molar-refractivity contribution is 7.13. The Hall–Kier alpha value is -3.19. The predicted molar refractivity (Wildman–Crippen MR) is 102 cm³/mol. The number of nitrogens with one attached hydrogen (secondary N) is 1. The molecule has 0 radical (unpaired) electrons. The average molecular weight is 361 g/mol. The first-order valence-electron chi connectivity index (χ1n) is 8.06. The number of carbonyl (C=O) groups excluding carboxylic acids is 1. The highest BCUT2D eigenvalue weighted by atomic mass is 32.1. The van der Waals surface area contributed by atoms with Crippen molar-refractivity contribution in [1.29, 1.82) is 0 Å². The molecule has 0 saturated carbocycles. The van der Waals surface area contributed by atoms with E-state index in [1.165, 1.54) is 11.3 Å². The molecule has 3 aromatic heterocycles. The standard InChI is InChI=1S/C19H15N5OS/c1-12-11-26-19(22-12)23-16(25)8-13-4-2-5-14-10-21-18(24-17(13)14)15-6-3-7-20-9-15/h2-7,9-11H,8H2,1H3,(H,22,23,25). The Balaban J connectivity index is 1.65. The maximum atomic E-state index is 12.4. The summed E-state index contributed by atoms with van der Waals surface area (Å²) in [7, 11) is 0. The second-order valence-electron chi connectivity index (χ2n) is 5.81. The third-order valence-corrected chi connectivity index (χ3v) is 4.71. The molecule has 6 nitrogen and oxygen atoms in total. The van der Waals surface area contributed by atoms with Crippen LogP contribution in [0.15, 0.2) is 54.3 Å². The highest BCUT2D eigenvalue weighted by Gasteiger charge is 2.12. The van der Waals surface area contributed by atoms with Crippen molar-refractivity contribution in [3.63, 3.8) is 0 Å². The van der Waals surface area contributed by atoms with Crippen molar-refractivity contribution in [1.82, 2.24) is 19.9 Å². The van der Waals surface area contributed by atoms with Gasteiger partial charge in [-0.3, -0.25) is 9.78 Å². The molecule has 4 rings (SSSR count). The molecule has 0 atom stereocenters. The Morgan fingerprint density at radius 2 is 2.08 bits per heavy atom. The molecule has 0 bridgehead atoms. The zero-order chi connectivity index (χ0) is 17.9. The number of amides is 1. The number of nitrogens with zero attached hydrogens (tertiary/aromatic N) is 4. The number of aromatic nitrogens is 4. The minimum absolute atomic E-state index is 0.117. The molecule has 1 N–H and O–H groups in total. The lowest BCUT2D eigenvalue weighted by Gasteiger charge is -2.07. The van der Waals surface area contributed by atoms with E-state index in [2.05, 4.69) is 25.3 Å². The van der Waals surface area contributed by atoms with Gasteiger partial charge in [0.2, 0.25) is 5.91 Å². The molecule has 26 heavy (non-hydrogen) atoms. The zero-order valence-corrected chi connectivity index (χ0v) is 14.8. The van der Waals surface area contributed by atoms with Crippen LogP contribution in [0.3, 0.4) is 0 Å². The van der Waals surface area contributed by atoms with Gasteiger partial charge in [0.1, 0.15) is 0 Å². The van der Waals surface area contributed by atoms with E-state index in [1.807, 2.05) is 42.6 Å². The van der Waals surface area contributed by atoms with Crippen LogP contribution in [0.1, 0.15) is 11.3 Å². The van der Waals surface area contributed by atoms with E-state index in [9.17, 15) is 4.79 Å². The van der Waals surface area contributed by atoms with Gasteiger partial charge in [-0.1, -0.05) is 18.2 Å². The van der Waals surface area contributed by atoms with E-state index < -0.39 is 0 Å². The molecule has 0 spiro atoms. The van der Waals surface area contributed by atoms with Crippen LogP contribution in [0.5, 0.6) is 0 Å². The summed E-state index contributed by atoms with van der Waals surface area (Å²) >= 11 is 1.42. The molecule has 1 aromatic carbocycles. The van der Waals surface area contributed by atoms with Crippen LogP contribution in [0.4, 0.5) is 5.13 Å². The van der Waals surface area contributed by atoms with E-state index in [-0.39, 0.29) is 12.3 Å². The monoisotopic (exact) mass is 361 g/mol. The van der Waals surface area contributed by atoms with Crippen LogP contribution in [0.25, 0.3) is 22.3 Å². The normalized spacial score (nSPS) is 10.8. The number of anilines is 1. The van der Waals surface area contributed by atoms with Gasteiger partial charge in [0, 0.05) is 34.9 Å². The smallest absolute Gasteiger partial charge is 0.230 e. The van der Waals surface area contributed by atoms with Crippen molar-refractivity contribution in [2.24, 2.45) is 0 Å². The van der Waals surface area contributed by atoms with E-state index in [4.69, 9.17) is 0 Å². The number of aryl methyl sites for hydroxylation is 1. The summed E-state index contributed by atoms with van der Waals surface area (Å²) in [4.78, 5) is 29.8. The van der Waals surface area contributed by atoms with Crippen molar-refractivity contribution >= 4 is 33.3 Å². The first-order chi connectivity index (χ1) is 12.7. The number of carbonyl (C=O) groups is 1. The van der Waals surface area contributed by atoms with Gasteiger partial charge in [0.05, 0.1) is 17.6 Å². The van der Waals surface area contributed by atoms with Crippen LogP contribution in [0.2, 0.25) is 0 Å². The Bertz CT molecular complexity index is 1080. The lowest BCUT2D eigenvalue weighted by molar-refractivity contribution is -0.115. The van der Waals surface area contributed by atoms with Gasteiger partial charge >= 0.3 is 0 Å². The predicted octanol–water partition coefficient (Wildman–Crippen LogP) is 3.64. The van der Waals surface area contributed by atoms with Gasteiger partial charge in [0.25, 0.3) is 0 Å². The summed E-state index contributed by atoms with van der Waals surface area (Å²) in [5.74, 6) is 0.474. The topological polar surface area (TPSA) is 80.7 Å². The fraction of sp³-hybridized carbons (Fsp3) is 0.105. The number of hydrogen-bond acceptors (Lipinski definition) is 6. The van der Waals surface area contributed by atoms with Crippen molar-refractivity contribution in [3.05, 3.63) is 65.6 Å². The quantitative estimate of drug-likeness (QED) is 0.600. The van der Waals surface area contributed by atoms with Crippen molar-refractivity contribution < 1.29 is 4.79 Å². The second kappa shape index (κ2) is 6.97. The molecular weight excluding hydrogens is 346 g/mol. The molecule has 4 aromatic rings. The fourth-order valence-electron chi connectivity index (χ4n) is 2.64. The Labute approximate surface area is 154 Å². The number of thiazole rings is 1. The van der Waals surface area contributed by atoms with E-state index in [1.54, 1.807) is 18.6 Å². The lowest BCUT2D eigenvalue weighted by Crippen LogP contribution is -2.14. The third kappa shape index (κ3) is 3.43. The first-order valence-corrected chi connectivity index (χ1v) is 8.94. The fourth-order valence-corrected chi connectivity index (χ4v) is 3.35. The first kappa shape index (κ1) is 16.3. The second-order valence-corrected chi connectivity index (χ2v) is 6.67. The van der Waals surface area contributed by atoms with Crippen molar-refractivity contribution in [2.75, 3.05) is 5.32 Å². The largest absolute Gasteiger partial charge is 0.302 e. The lowest BCUT2D eigenvalue weighted by atomic mass is 10.1. The minimum atomic E-state index is -0.117. The van der Waals surface area contributed by atoms with Gasteiger partial charge in [0.15, 0.2) is 11.0 Å². The summed E-state index contributed by atoms with van der Waals surface area (Å²) in [6.07, 6.45) is 5.43. The molecule has 0 unspecified atom stereocenters. The summed E-state index contributed by atoms with van der Waals surface area (Å²) < 4.78 is 0. The maximum absolute atomic E-state index is 12.4. The van der Waals surface area contributed by atoms with Crippen LogP contribution >= 0.6 is 11.3 Å². The Morgan fingerprint density at radius 1 is 1.15 bits per heavy atom. The molecule has 0 aliphatic rings. The molecule has 128 valence electrons. The van der Waals surface area contributed by atoms with Gasteiger partial charge in [-0.05, 0) is 24.6 Å². The van der Waals surface area contributed by atoms with E-state index in [0.717, 1.165) is 27.7 Å². The van der Waals surface area contributed by atoms with Gasteiger partial charge in [-0.2, -0.15) is 0 Å². The number of pyridine rings is 1. The molecular formula is C19H15N5OS. The number of rotatable bonds is 4. The molecule has 0 aliphatic carbocycles. The summed E-state index contributed by atoms with van der Waals surface area (Å²) in [5.41, 5.74) is 3.35. The summed E-state index contributed by atoms with van der Waals surface area (Å²) in [6, 6.07) is 9.51. The number of hydrogen-bond donors (Lipinski definition) is 1. The van der Waals surface area contributed by atoms with Gasteiger partial charge in [-0.15, -0.1) is 11.3 Å². The number of para-hydroxylation sites is 1. The summed E-state index contributed by atoms with van der Waals surface area (Å²) in [5, 5.41) is 6.25. The van der Waals surface area contributed by atoms with E-state index >= 15 is 0 Å². The zero-order valence-electron chi connectivity index (χ0n) is 14.0. The maximum Gasteiger partial charge on any atom is 0.230 e. The Kier molecular flexibility index (Phi) is 4.37. The molecule has 3 heterocycles. The average Bonchev–Trinajstić information content (AvgIpc) is 3.07. The molecule has 7 heteroatoms. The van der Waals surface area contributed by atoms with Gasteiger partial charge < -0.3 is 5.32 Å². The minimum Gasteiger partial charge on any atom is -0.302 e. The van der Waals surface area contributed by atoms with E-state index in [0.29, 0.717) is 11.0 Å². The number of benzene rings is 1. The molecule has 0 fully saturated rings. The SMILES string of the molecule is Cc1csc(NC(=O)Cc2cccc3cnc(-c4cccnc4)nc23)n1. The highest BCUT2D eigenvalue weighted by Crippen LogP contribution is 2.21. The van der Waals surface area contributed by atoms with Crippen LogP contribution < -0.4 is 5.32 Å². The molecule has 0 saturated heterocycles. The molecule has 0 aliphatic heterocycles. The van der Waals surface area contributed by atoms with Crippen LogP contribution in [0, 0.1) is 6.92 Å². The summed E-state index contributed by atoms with van der Waals surface area (Å²) in [6.45, 7) is 1.90.